The predicted molar refractivity (Wildman–Crippen MR) is 100 cm³/mol. The number of nitrogens with zero attached hydrogens (tertiary/aromatic N) is 4. The van der Waals surface area contributed by atoms with Crippen LogP contribution in [-0.2, 0) is 16.1 Å². The van der Waals surface area contributed by atoms with Gasteiger partial charge in [-0.25, -0.2) is 4.68 Å². The van der Waals surface area contributed by atoms with Gasteiger partial charge in [0, 0.05) is 18.2 Å². The van der Waals surface area contributed by atoms with Crippen LogP contribution in [0.1, 0.15) is 24.0 Å². The van der Waals surface area contributed by atoms with Gasteiger partial charge in [0.1, 0.15) is 17.7 Å². The Kier molecular flexibility index (Phi) is 5.03. The van der Waals surface area contributed by atoms with Crippen molar-refractivity contribution in [2.75, 3.05) is 11.9 Å². The smallest absolute Gasteiger partial charge is 0.267 e. The van der Waals surface area contributed by atoms with E-state index in [4.69, 9.17) is 4.74 Å². The number of rotatable bonds is 5. The van der Waals surface area contributed by atoms with Crippen molar-refractivity contribution in [2.45, 2.75) is 25.5 Å². The number of carbonyl (C=O) groups is 1. The molecule has 1 aliphatic heterocycles. The molecule has 0 unspecified atom stereocenters. The molecule has 138 valence electrons. The Balaban J connectivity index is 1.46. The lowest BCUT2D eigenvalue weighted by molar-refractivity contribution is -0.117. The number of hydrogen-bond acceptors (Lipinski definition) is 7. The van der Waals surface area contributed by atoms with E-state index in [0.29, 0.717) is 10.8 Å². The van der Waals surface area contributed by atoms with E-state index in [9.17, 15) is 9.59 Å². The first-order valence-corrected chi connectivity index (χ1v) is 9.39. The summed E-state index contributed by atoms with van der Waals surface area (Å²) in [6.45, 7) is 0.520. The molecule has 1 atom stereocenters. The van der Waals surface area contributed by atoms with E-state index >= 15 is 0 Å². The number of hydrogen-bond donors (Lipinski definition) is 1. The van der Waals surface area contributed by atoms with Crippen molar-refractivity contribution in [1.82, 2.24) is 20.0 Å². The lowest BCUT2D eigenvalue weighted by atomic mass is 10.1. The summed E-state index contributed by atoms with van der Waals surface area (Å²) >= 11 is 1.29. The normalized spacial score (nSPS) is 16.4. The van der Waals surface area contributed by atoms with Crippen molar-refractivity contribution < 1.29 is 9.53 Å². The van der Waals surface area contributed by atoms with Crippen LogP contribution in [0.25, 0.3) is 11.3 Å². The fourth-order valence-electron chi connectivity index (χ4n) is 2.81. The summed E-state index contributed by atoms with van der Waals surface area (Å²) in [4.78, 5) is 24.4. The number of amides is 1. The van der Waals surface area contributed by atoms with Gasteiger partial charge in [-0.05, 0) is 18.9 Å². The highest BCUT2D eigenvalue weighted by molar-refractivity contribution is 7.15. The Bertz CT molecular complexity index is 995. The molecule has 3 aromatic rings. The average Bonchev–Trinajstić information content (AvgIpc) is 3.36. The molecule has 4 rings (SSSR count). The van der Waals surface area contributed by atoms with Crippen molar-refractivity contribution in [1.29, 1.82) is 0 Å². The minimum atomic E-state index is -0.384. The summed E-state index contributed by atoms with van der Waals surface area (Å²) in [6.07, 6.45) is 1.87. The highest BCUT2D eigenvalue weighted by atomic mass is 32.1. The predicted octanol–water partition coefficient (Wildman–Crippen LogP) is 2.25. The van der Waals surface area contributed by atoms with Gasteiger partial charge < -0.3 is 4.74 Å². The molecule has 0 aliphatic carbocycles. The monoisotopic (exact) mass is 383 g/mol. The van der Waals surface area contributed by atoms with Gasteiger partial charge in [0.05, 0.1) is 5.69 Å². The van der Waals surface area contributed by atoms with Crippen LogP contribution in [0.15, 0.2) is 47.3 Å². The number of benzene rings is 1. The molecular formula is C18H17N5O3S. The number of aromatic nitrogens is 4. The van der Waals surface area contributed by atoms with Crippen LogP contribution < -0.4 is 10.9 Å². The Labute approximate surface area is 158 Å². The first kappa shape index (κ1) is 17.5. The number of anilines is 1. The maximum absolute atomic E-state index is 12.3. The molecule has 0 radical (unpaired) electrons. The van der Waals surface area contributed by atoms with Gasteiger partial charge >= 0.3 is 0 Å². The molecule has 0 saturated carbocycles. The van der Waals surface area contributed by atoms with E-state index in [1.807, 2.05) is 30.3 Å². The quantitative estimate of drug-likeness (QED) is 0.725. The van der Waals surface area contributed by atoms with Crippen LogP contribution in [0.5, 0.6) is 0 Å². The van der Waals surface area contributed by atoms with Crippen LogP contribution >= 0.6 is 11.3 Å². The van der Waals surface area contributed by atoms with E-state index in [-0.39, 0.29) is 24.1 Å². The maximum Gasteiger partial charge on any atom is 0.267 e. The van der Waals surface area contributed by atoms with E-state index in [0.717, 1.165) is 34.7 Å². The summed E-state index contributed by atoms with van der Waals surface area (Å²) in [5.41, 5.74) is 1.15. The van der Waals surface area contributed by atoms with Gasteiger partial charge in [-0.1, -0.05) is 41.7 Å². The molecule has 0 spiro atoms. The minimum absolute atomic E-state index is 0.0417. The van der Waals surface area contributed by atoms with Gasteiger partial charge in [-0.3, -0.25) is 14.9 Å². The van der Waals surface area contributed by atoms with Crippen LogP contribution in [0.4, 0.5) is 5.13 Å². The van der Waals surface area contributed by atoms with E-state index in [1.165, 1.54) is 17.4 Å². The molecule has 0 bridgehead atoms. The number of carbonyl (C=O) groups excluding carboxylic acids is 1. The average molecular weight is 383 g/mol. The fourth-order valence-corrected chi connectivity index (χ4v) is 3.65. The molecule has 1 fully saturated rings. The van der Waals surface area contributed by atoms with Gasteiger partial charge in [0.25, 0.3) is 5.56 Å². The first-order valence-electron chi connectivity index (χ1n) is 8.57. The van der Waals surface area contributed by atoms with Gasteiger partial charge in [-0.2, -0.15) is 5.10 Å². The van der Waals surface area contributed by atoms with Crippen LogP contribution in [-0.4, -0.2) is 32.5 Å². The largest absolute Gasteiger partial charge is 0.371 e. The molecule has 1 aromatic carbocycles. The summed E-state index contributed by atoms with van der Waals surface area (Å²) in [7, 11) is 0. The highest BCUT2D eigenvalue weighted by Gasteiger charge is 2.22. The standard InChI is InChI=1S/C18H17N5O3S/c24-15(19-18-21-20-17(27-18)14-7-4-10-26-14)11-23-16(25)9-8-13(22-23)12-5-2-1-3-6-12/h1-3,5-6,8-9,14H,4,7,10-11H2,(H,19,21,24)/t14-/m0/s1. The zero-order valence-electron chi connectivity index (χ0n) is 14.4. The lowest BCUT2D eigenvalue weighted by Gasteiger charge is -2.07. The molecule has 8 nitrogen and oxygen atoms in total. The molecule has 9 heteroatoms. The summed E-state index contributed by atoms with van der Waals surface area (Å²) in [6, 6.07) is 12.5. The van der Waals surface area contributed by atoms with Crippen molar-refractivity contribution in [3.63, 3.8) is 0 Å². The second-order valence-electron chi connectivity index (χ2n) is 6.08. The SMILES string of the molecule is O=C(Cn1nc(-c2ccccc2)ccc1=O)Nc1nnc([C@@H]2CCCO2)s1. The number of nitrogens with one attached hydrogen (secondary N) is 1. The second kappa shape index (κ2) is 7.77. The fraction of sp³-hybridized carbons (Fsp3) is 0.278. The second-order valence-corrected chi connectivity index (χ2v) is 7.08. The molecule has 3 heterocycles. The van der Waals surface area contributed by atoms with E-state index < -0.39 is 0 Å². The van der Waals surface area contributed by atoms with Gasteiger partial charge in [0.2, 0.25) is 11.0 Å². The van der Waals surface area contributed by atoms with Crippen molar-refractivity contribution in [2.24, 2.45) is 0 Å². The van der Waals surface area contributed by atoms with Crippen LogP contribution in [0, 0.1) is 0 Å². The topological polar surface area (TPSA) is 99.0 Å². The Morgan fingerprint density at radius 3 is 2.85 bits per heavy atom. The van der Waals surface area contributed by atoms with Gasteiger partial charge in [0.15, 0.2) is 0 Å². The van der Waals surface area contributed by atoms with Crippen LogP contribution in [0.2, 0.25) is 0 Å². The first-order chi connectivity index (χ1) is 13.2. The zero-order valence-corrected chi connectivity index (χ0v) is 15.2. The molecule has 1 amide bonds. The molecule has 2 aromatic heterocycles. The molecule has 27 heavy (non-hydrogen) atoms. The van der Waals surface area contributed by atoms with Crippen molar-refractivity contribution in [3.8, 4) is 11.3 Å². The molecule has 1 N–H and O–H groups in total. The molecule has 1 aliphatic rings. The highest BCUT2D eigenvalue weighted by Crippen LogP contribution is 2.31. The van der Waals surface area contributed by atoms with E-state index in [1.54, 1.807) is 6.07 Å². The summed E-state index contributed by atoms with van der Waals surface area (Å²) < 4.78 is 6.70. The maximum atomic E-state index is 12.3. The van der Waals surface area contributed by atoms with Gasteiger partial charge in [-0.15, -0.1) is 10.2 Å². The summed E-state index contributed by atoms with van der Waals surface area (Å²) in [5, 5.41) is 16.1. The molecular weight excluding hydrogens is 366 g/mol. The minimum Gasteiger partial charge on any atom is -0.371 e. The lowest BCUT2D eigenvalue weighted by Crippen LogP contribution is -2.29. The van der Waals surface area contributed by atoms with E-state index in [2.05, 4.69) is 20.6 Å². The van der Waals surface area contributed by atoms with Crippen molar-refractivity contribution in [3.05, 3.63) is 57.8 Å². The third kappa shape index (κ3) is 4.09. The Hall–Kier alpha value is -2.91. The third-order valence-electron chi connectivity index (χ3n) is 4.12. The zero-order chi connectivity index (χ0) is 18.6. The number of ether oxygens (including phenoxy) is 1. The van der Waals surface area contributed by atoms with Crippen molar-refractivity contribution >= 4 is 22.4 Å². The Morgan fingerprint density at radius 2 is 2.07 bits per heavy atom. The van der Waals surface area contributed by atoms with Crippen LogP contribution in [0.3, 0.4) is 0 Å². The molecule has 1 saturated heterocycles. The summed E-state index contributed by atoms with van der Waals surface area (Å²) in [5.74, 6) is -0.384. The Morgan fingerprint density at radius 1 is 1.22 bits per heavy atom. The third-order valence-corrected chi connectivity index (χ3v) is 5.05.